The maximum absolute atomic E-state index is 13.6. The Balaban J connectivity index is 2.96. The Labute approximate surface area is 198 Å². The van der Waals surface area contributed by atoms with Crippen LogP contribution in [0.5, 0.6) is 5.75 Å². The molecule has 1 aromatic rings. The number of aliphatic carboxylic acids is 1. The molecule has 0 heterocycles. The molecule has 1 unspecified atom stereocenters. The van der Waals surface area contributed by atoms with Gasteiger partial charge in [-0.1, -0.05) is 38.7 Å². The fourth-order valence-electron chi connectivity index (χ4n) is 3.23. The van der Waals surface area contributed by atoms with Crippen molar-refractivity contribution in [2.45, 2.75) is 90.0 Å². The van der Waals surface area contributed by atoms with E-state index < -0.39 is 41.5 Å². The van der Waals surface area contributed by atoms with Gasteiger partial charge in [-0.15, -0.1) is 0 Å². The van der Waals surface area contributed by atoms with E-state index in [0.717, 1.165) is 31.7 Å². The van der Waals surface area contributed by atoms with Gasteiger partial charge in [0, 0.05) is 0 Å². The highest BCUT2D eigenvalue weighted by atomic mass is 19.4. The SMILES string of the molecule is CCCCCCCOc1ccc(CCC(CO)(NC(=O)OC(C)(C)C)C(=O)O)cc1C(F)(F)F. The van der Waals surface area contributed by atoms with E-state index in [-0.39, 0.29) is 30.8 Å². The van der Waals surface area contributed by atoms with Gasteiger partial charge in [0.1, 0.15) is 11.4 Å². The van der Waals surface area contributed by atoms with Crippen molar-refractivity contribution in [3.05, 3.63) is 29.3 Å². The lowest BCUT2D eigenvalue weighted by atomic mass is 9.91. The summed E-state index contributed by atoms with van der Waals surface area (Å²) < 4.78 is 51.3. The Morgan fingerprint density at radius 3 is 2.24 bits per heavy atom. The van der Waals surface area contributed by atoms with Crippen molar-refractivity contribution in [2.24, 2.45) is 0 Å². The number of benzene rings is 1. The number of carboxylic acids is 1. The minimum atomic E-state index is -4.66. The van der Waals surface area contributed by atoms with E-state index in [0.29, 0.717) is 6.42 Å². The van der Waals surface area contributed by atoms with E-state index in [4.69, 9.17) is 9.47 Å². The smallest absolute Gasteiger partial charge is 0.419 e. The van der Waals surface area contributed by atoms with Crippen LogP contribution in [0, 0.1) is 0 Å². The van der Waals surface area contributed by atoms with Crippen LogP contribution >= 0.6 is 0 Å². The van der Waals surface area contributed by atoms with Gasteiger partial charge in [-0.25, -0.2) is 9.59 Å². The summed E-state index contributed by atoms with van der Waals surface area (Å²) in [5.74, 6) is -1.81. The molecule has 0 spiro atoms. The summed E-state index contributed by atoms with van der Waals surface area (Å²) in [4.78, 5) is 23.9. The largest absolute Gasteiger partial charge is 0.493 e. The number of carbonyl (C=O) groups is 2. The zero-order valence-corrected chi connectivity index (χ0v) is 20.3. The fourth-order valence-corrected chi connectivity index (χ4v) is 3.23. The van der Waals surface area contributed by atoms with Crippen LogP contribution in [-0.4, -0.2) is 46.6 Å². The second-order valence-electron chi connectivity index (χ2n) is 9.26. The van der Waals surface area contributed by atoms with Gasteiger partial charge in [0.05, 0.1) is 18.8 Å². The summed E-state index contributed by atoms with van der Waals surface area (Å²) in [6, 6.07) is 3.54. The van der Waals surface area contributed by atoms with E-state index >= 15 is 0 Å². The van der Waals surface area contributed by atoms with Crippen molar-refractivity contribution in [3.63, 3.8) is 0 Å². The number of ether oxygens (including phenoxy) is 2. The van der Waals surface area contributed by atoms with Crippen molar-refractivity contribution >= 4 is 12.1 Å². The number of aryl methyl sites for hydroxylation is 1. The highest BCUT2D eigenvalue weighted by Gasteiger charge is 2.41. The number of alkyl halides is 3. The quantitative estimate of drug-likeness (QED) is 0.322. The number of halogens is 3. The molecular formula is C24H36F3NO6. The predicted octanol–water partition coefficient (Wildman–Crippen LogP) is 5.33. The van der Waals surface area contributed by atoms with Crippen molar-refractivity contribution in [2.75, 3.05) is 13.2 Å². The van der Waals surface area contributed by atoms with Gasteiger partial charge in [-0.2, -0.15) is 13.2 Å². The van der Waals surface area contributed by atoms with Crippen LogP contribution in [0.3, 0.4) is 0 Å². The number of amides is 1. The number of aliphatic hydroxyl groups is 1. The first-order chi connectivity index (χ1) is 15.7. The highest BCUT2D eigenvalue weighted by molar-refractivity contribution is 5.84. The molecule has 1 atom stereocenters. The number of carboxylic acid groups (broad SMARTS) is 1. The number of nitrogens with one attached hydrogen (secondary N) is 1. The van der Waals surface area contributed by atoms with E-state index in [1.54, 1.807) is 20.8 Å². The zero-order chi connectivity index (χ0) is 26.0. The molecule has 0 aliphatic rings. The third-order valence-electron chi connectivity index (χ3n) is 5.11. The van der Waals surface area contributed by atoms with Crippen molar-refractivity contribution in [3.8, 4) is 5.75 Å². The number of aliphatic hydroxyl groups excluding tert-OH is 1. The summed E-state index contributed by atoms with van der Waals surface area (Å²) in [5.41, 5.74) is -3.79. The molecule has 0 saturated carbocycles. The second kappa shape index (κ2) is 12.8. The monoisotopic (exact) mass is 491 g/mol. The maximum atomic E-state index is 13.6. The molecule has 0 radical (unpaired) electrons. The maximum Gasteiger partial charge on any atom is 0.419 e. The van der Waals surface area contributed by atoms with E-state index in [1.165, 1.54) is 12.1 Å². The van der Waals surface area contributed by atoms with Gasteiger partial charge in [0.2, 0.25) is 0 Å². The molecule has 10 heteroatoms. The topological polar surface area (TPSA) is 105 Å². The molecular weight excluding hydrogens is 455 g/mol. The molecule has 0 aliphatic heterocycles. The first kappa shape index (κ1) is 29.5. The van der Waals surface area contributed by atoms with Crippen molar-refractivity contribution in [1.82, 2.24) is 5.32 Å². The van der Waals surface area contributed by atoms with Gasteiger partial charge < -0.3 is 25.0 Å². The van der Waals surface area contributed by atoms with Gasteiger partial charge in [0.25, 0.3) is 0 Å². The molecule has 7 nitrogen and oxygen atoms in total. The number of unbranched alkanes of at least 4 members (excludes halogenated alkanes) is 4. The second-order valence-corrected chi connectivity index (χ2v) is 9.26. The van der Waals surface area contributed by atoms with E-state index in [1.807, 2.05) is 0 Å². The lowest BCUT2D eigenvalue weighted by Crippen LogP contribution is -2.58. The number of rotatable bonds is 13. The first-order valence-corrected chi connectivity index (χ1v) is 11.4. The van der Waals surface area contributed by atoms with E-state index in [9.17, 15) is 33.0 Å². The van der Waals surface area contributed by atoms with Gasteiger partial charge in [-0.05, 0) is 57.7 Å². The molecule has 194 valence electrons. The number of carbonyl (C=O) groups excluding carboxylic acids is 1. The lowest BCUT2D eigenvalue weighted by molar-refractivity contribution is -0.147. The summed E-state index contributed by atoms with van der Waals surface area (Å²) in [7, 11) is 0. The first-order valence-electron chi connectivity index (χ1n) is 11.4. The van der Waals surface area contributed by atoms with Crippen LogP contribution in [0.25, 0.3) is 0 Å². The van der Waals surface area contributed by atoms with Crippen LogP contribution in [0.4, 0.5) is 18.0 Å². The third-order valence-corrected chi connectivity index (χ3v) is 5.11. The molecule has 1 rings (SSSR count). The molecule has 3 N–H and O–H groups in total. The third kappa shape index (κ3) is 9.79. The van der Waals surface area contributed by atoms with Gasteiger partial charge >= 0.3 is 18.2 Å². The Morgan fingerprint density at radius 1 is 1.06 bits per heavy atom. The lowest BCUT2D eigenvalue weighted by Gasteiger charge is -2.30. The average Bonchev–Trinajstić information content (AvgIpc) is 2.71. The summed E-state index contributed by atoms with van der Waals surface area (Å²) in [5, 5.41) is 21.5. The molecule has 0 bridgehead atoms. The highest BCUT2D eigenvalue weighted by Crippen LogP contribution is 2.37. The molecule has 34 heavy (non-hydrogen) atoms. The van der Waals surface area contributed by atoms with Crippen molar-refractivity contribution in [1.29, 1.82) is 0 Å². The van der Waals surface area contributed by atoms with Crippen LogP contribution in [0.1, 0.15) is 77.3 Å². The fraction of sp³-hybridized carbons (Fsp3) is 0.667. The van der Waals surface area contributed by atoms with Crippen LogP contribution in [-0.2, 0) is 22.1 Å². The van der Waals surface area contributed by atoms with E-state index in [2.05, 4.69) is 12.2 Å². The molecule has 0 saturated heterocycles. The average molecular weight is 492 g/mol. The minimum absolute atomic E-state index is 0.150. The van der Waals surface area contributed by atoms with Crippen LogP contribution in [0.15, 0.2) is 18.2 Å². The molecule has 0 aromatic heterocycles. The predicted molar refractivity (Wildman–Crippen MR) is 121 cm³/mol. The number of hydrogen-bond donors (Lipinski definition) is 3. The normalized spacial score (nSPS) is 13.8. The summed E-state index contributed by atoms with van der Waals surface area (Å²) in [6.07, 6.45) is -1.58. The molecule has 0 aliphatic carbocycles. The molecule has 1 aromatic carbocycles. The minimum Gasteiger partial charge on any atom is -0.493 e. The number of hydrogen-bond acceptors (Lipinski definition) is 5. The number of alkyl carbamates (subject to hydrolysis) is 1. The van der Waals surface area contributed by atoms with Gasteiger partial charge in [-0.3, -0.25) is 0 Å². The Morgan fingerprint density at radius 2 is 1.71 bits per heavy atom. The molecule has 1 amide bonds. The standard InChI is InChI=1S/C24H36F3NO6/c1-5-6-7-8-9-14-33-19-11-10-17(15-18(19)24(25,26)27)12-13-23(16-29,20(30)31)28-21(32)34-22(2,3)4/h10-11,15,29H,5-9,12-14,16H2,1-4H3,(H,28,32)(H,30,31). The van der Waals surface area contributed by atoms with Crippen LogP contribution < -0.4 is 10.1 Å². The molecule has 0 fully saturated rings. The Bertz CT molecular complexity index is 807. The summed E-state index contributed by atoms with van der Waals surface area (Å²) in [6.45, 7) is 6.03. The summed E-state index contributed by atoms with van der Waals surface area (Å²) >= 11 is 0. The van der Waals surface area contributed by atoms with Gasteiger partial charge in [0.15, 0.2) is 5.54 Å². The van der Waals surface area contributed by atoms with Crippen molar-refractivity contribution < 1.29 is 42.4 Å². The Kier molecular flexibility index (Phi) is 11.1. The van der Waals surface area contributed by atoms with Crippen LogP contribution in [0.2, 0.25) is 0 Å². The zero-order valence-electron chi connectivity index (χ0n) is 20.3. The Hall–Kier alpha value is -2.49.